The fraction of sp³-hybridized carbons (Fsp3) is 0.636. The molecule has 18 heavy (non-hydrogen) atoms. The molecule has 1 aromatic rings. The molecule has 0 saturated carbocycles. The van der Waals surface area contributed by atoms with Gasteiger partial charge < -0.3 is 20.9 Å². The highest BCUT2D eigenvalue weighted by Crippen LogP contribution is 2.31. The predicted octanol–water partition coefficient (Wildman–Crippen LogP) is 0.225. The molecule has 7 heteroatoms. The molecule has 1 atom stereocenters. The molecule has 1 aromatic heterocycles. The second-order valence-electron chi connectivity index (χ2n) is 4.60. The van der Waals surface area contributed by atoms with Crippen LogP contribution in [0.2, 0.25) is 0 Å². The zero-order chi connectivity index (χ0) is 13.3. The molecule has 0 bridgehead atoms. The van der Waals surface area contributed by atoms with Crippen molar-refractivity contribution in [2.45, 2.75) is 13.0 Å². The average Bonchev–Trinajstić information content (AvgIpc) is 2.74. The van der Waals surface area contributed by atoms with Gasteiger partial charge in [0.25, 0.3) is 5.91 Å². The minimum absolute atomic E-state index is 0.164. The number of hydrogen-bond donors (Lipinski definition) is 2. The van der Waals surface area contributed by atoms with Crippen LogP contribution in [-0.4, -0.2) is 55.0 Å². The van der Waals surface area contributed by atoms with Gasteiger partial charge >= 0.3 is 0 Å². The van der Waals surface area contributed by atoms with Crippen molar-refractivity contribution in [2.24, 2.45) is 0 Å². The molecule has 6 nitrogen and oxygen atoms in total. The molecule has 100 valence electrons. The van der Waals surface area contributed by atoms with Gasteiger partial charge in [-0.15, -0.1) is 0 Å². The number of piperazine rings is 1. The largest absolute Gasteiger partial charge is 0.382 e. The maximum atomic E-state index is 11.8. The number of nitrogens with one attached hydrogen (secondary N) is 1. The second kappa shape index (κ2) is 5.11. The molecule has 0 aliphatic carbocycles. The first kappa shape index (κ1) is 13.1. The van der Waals surface area contributed by atoms with Crippen LogP contribution in [0.3, 0.4) is 0 Å². The van der Waals surface area contributed by atoms with Crippen LogP contribution in [0.1, 0.15) is 17.3 Å². The molecule has 3 N–H and O–H groups in total. The molecule has 1 amide bonds. The monoisotopic (exact) mass is 269 g/mol. The zero-order valence-corrected chi connectivity index (χ0v) is 11.8. The third kappa shape index (κ3) is 2.28. The first-order valence-electron chi connectivity index (χ1n) is 5.97. The lowest BCUT2D eigenvalue weighted by Gasteiger charge is -2.38. The molecule has 0 aromatic carbocycles. The Morgan fingerprint density at radius 3 is 2.89 bits per heavy atom. The Morgan fingerprint density at radius 2 is 2.28 bits per heavy atom. The highest BCUT2D eigenvalue weighted by Gasteiger charge is 2.27. The molecule has 1 aliphatic rings. The minimum atomic E-state index is -0.164. The van der Waals surface area contributed by atoms with E-state index >= 15 is 0 Å². The number of likely N-dealkylation sites (N-methyl/N-ethyl adjacent to an activating group) is 1. The van der Waals surface area contributed by atoms with Crippen LogP contribution in [0.5, 0.6) is 0 Å². The summed E-state index contributed by atoms with van der Waals surface area (Å²) in [5, 5.41) is 3.50. The summed E-state index contributed by atoms with van der Waals surface area (Å²) in [6, 6.07) is 0.458. The Morgan fingerprint density at radius 1 is 1.56 bits per heavy atom. The van der Waals surface area contributed by atoms with Gasteiger partial charge in [-0.1, -0.05) is 0 Å². The summed E-state index contributed by atoms with van der Waals surface area (Å²) in [6.07, 6.45) is 0. The fourth-order valence-electron chi connectivity index (χ4n) is 2.08. The topological polar surface area (TPSA) is 74.5 Å². The van der Waals surface area contributed by atoms with Gasteiger partial charge in [0.1, 0.15) is 10.6 Å². The van der Waals surface area contributed by atoms with Crippen molar-refractivity contribution >= 4 is 28.3 Å². The normalized spacial score (nSPS) is 21.1. The number of amides is 1. The van der Waals surface area contributed by atoms with Crippen LogP contribution in [0.15, 0.2) is 0 Å². The van der Waals surface area contributed by atoms with Gasteiger partial charge in [0.15, 0.2) is 5.82 Å². The van der Waals surface area contributed by atoms with Crippen molar-refractivity contribution in [1.82, 2.24) is 14.6 Å². The maximum Gasteiger partial charge on any atom is 0.257 e. The van der Waals surface area contributed by atoms with Gasteiger partial charge in [-0.25, -0.2) is 0 Å². The smallest absolute Gasteiger partial charge is 0.257 e. The van der Waals surface area contributed by atoms with E-state index < -0.39 is 0 Å². The van der Waals surface area contributed by atoms with Crippen molar-refractivity contribution in [2.75, 3.05) is 44.4 Å². The fourth-order valence-corrected chi connectivity index (χ4v) is 2.93. The predicted molar refractivity (Wildman–Crippen MR) is 74.2 cm³/mol. The Balaban J connectivity index is 2.26. The maximum absolute atomic E-state index is 11.8. The minimum Gasteiger partial charge on any atom is -0.382 e. The summed E-state index contributed by atoms with van der Waals surface area (Å²) in [5.74, 6) is 0.156. The number of hydrogen-bond acceptors (Lipinski definition) is 6. The van der Waals surface area contributed by atoms with Crippen LogP contribution in [0, 0.1) is 0 Å². The molecule has 0 radical (unpaired) electrons. The van der Waals surface area contributed by atoms with Gasteiger partial charge in [-0.05, 0) is 25.5 Å². The number of anilines is 2. The number of carbonyl (C=O) groups excluding carboxylic acids is 1. The lowest BCUT2D eigenvalue weighted by molar-refractivity contribution is 0.0964. The van der Waals surface area contributed by atoms with E-state index in [1.807, 2.05) is 0 Å². The number of carbonyl (C=O) groups is 1. The third-order valence-corrected chi connectivity index (χ3v) is 4.32. The molecular formula is C11H19N5OS. The summed E-state index contributed by atoms with van der Waals surface area (Å²) in [6.45, 7) is 4.94. The zero-order valence-electron chi connectivity index (χ0n) is 10.9. The van der Waals surface area contributed by atoms with E-state index in [0.29, 0.717) is 17.4 Å². The number of nitrogens with zero attached hydrogens (tertiary/aromatic N) is 3. The van der Waals surface area contributed by atoms with Gasteiger partial charge in [0.05, 0.1) is 0 Å². The molecule has 2 heterocycles. The van der Waals surface area contributed by atoms with Crippen LogP contribution in [0.25, 0.3) is 0 Å². The van der Waals surface area contributed by atoms with Crippen molar-refractivity contribution in [1.29, 1.82) is 0 Å². The SMILES string of the molecule is CNC(=O)c1c(N)nsc1N1CCN(C)C(C)C1. The number of rotatable bonds is 2. The quantitative estimate of drug-likeness (QED) is 0.803. The van der Waals surface area contributed by atoms with Gasteiger partial charge in [-0.3, -0.25) is 4.79 Å². The molecular weight excluding hydrogens is 250 g/mol. The molecule has 1 fully saturated rings. The number of aromatic nitrogens is 1. The van der Waals surface area contributed by atoms with E-state index in [1.54, 1.807) is 7.05 Å². The summed E-state index contributed by atoms with van der Waals surface area (Å²) < 4.78 is 4.11. The van der Waals surface area contributed by atoms with Crippen molar-refractivity contribution in [3.8, 4) is 0 Å². The van der Waals surface area contributed by atoms with Crippen LogP contribution < -0.4 is 16.0 Å². The molecule has 0 spiro atoms. The van der Waals surface area contributed by atoms with Gasteiger partial charge in [0, 0.05) is 32.7 Å². The average molecular weight is 269 g/mol. The lowest BCUT2D eigenvalue weighted by atomic mass is 10.2. The highest BCUT2D eigenvalue weighted by atomic mass is 32.1. The standard InChI is InChI=1S/C11H19N5OS/c1-7-6-16(5-4-15(7)3)11-8(10(17)13-2)9(12)14-18-11/h7H,4-6H2,1-3H3,(H2,12,14)(H,13,17). The first-order chi connectivity index (χ1) is 8.54. The van der Waals surface area contributed by atoms with E-state index in [2.05, 4.69) is 33.5 Å². The molecule has 2 rings (SSSR count). The highest BCUT2D eigenvalue weighted by molar-refractivity contribution is 7.11. The Kier molecular flexibility index (Phi) is 3.72. The number of nitrogens with two attached hydrogens (primary N) is 1. The van der Waals surface area contributed by atoms with Crippen molar-refractivity contribution < 1.29 is 4.79 Å². The van der Waals surface area contributed by atoms with Crippen LogP contribution in [0.4, 0.5) is 10.8 Å². The van der Waals surface area contributed by atoms with Crippen LogP contribution >= 0.6 is 11.5 Å². The summed E-state index contributed by atoms with van der Waals surface area (Å²) in [4.78, 5) is 16.3. The molecule has 1 unspecified atom stereocenters. The van der Waals surface area contributed by atoms with Crippen molar-refractivity contribution in [3.63, 3.8) is 0 Å². The van der Waals surface area contributed by atoms with E-state index in [1.165, 1.54) is 11.5 Å². The lowest BCUT2D eigenvalue weighted by Crippen LogP contribution is -2.50. The molecule has 1 saturated heterocycles. The summed E-state index contributed by atoms with van der Waals surface area (Å²) >= 11 is 1.30. The molecule has 1 aliphatic heterocycles. The first-order valence-corrected chi connectivity index (χ1v) is 6.74. The van der Waals surface area contributed by atoms with E-state index in [9.17, 15) is 4.79 Å². The Bertz CT molecular complexity index is 447. The van der Waals surface area contributed by atoms with Gasteiger partial charge in [0.2, 0.25) is 0 Å². The third-order valence-electron chi connectivity index (χ3n) is 3.40. The number of nitrogen functional groups attached to an aromatic ring is 1. The van der Waals surface area contributed by atoms with E-state index in [-0.39, 0.29) is 5.91 Å². The summed E-state index contributed by atoms with van der Waals surface area (Å²) in [5.41, 5.74) is 6.30. The van der Waals surface area contributed by atoms with E-state index in [0.717, 1.165) is 24.6 Å². The Hall–Kier alpha value is -1.34. The van der Waals surface area contributed by atoms with E-state index in [4.69, 9.17) is 5.73 Å². The van der Waals surface area contributed by atoms with Gasteiger partial charge in [-0.2, -0.15) is 4.37 Å². The summed E-state index contributed by atoms with van der Waals surface area (Å²) in [7, 11) is 3.72. The van der Waals surface area contributed by atoms with Crippen LogP contribution in [-0.2, 0) is 0 Å². The van der Waals surface area contributed by atoms with Crippen molar-refractivity contribution in [3.05, 3.63) is 5.56 Å². The second-order valence-corrected chi connectivity index (χ2v) is 5.35. The Labute approximate surface area is 111 Å².